The maximum atomic E-state index is 13.1. The summed E-state index contributed by atoms with van der Waals surface area (Å²) in [5, 5.41) is 12.8. The van der Waals surface area contributed by atoms with E-state index in [1.165, 1.54) is 18.2 Å². The highest BCUT2D eigenvalue weighted by molar-refractivity contribution is 5.59. The molecule has 2 rings (SSSR count). The first-order chi connectivity index (χ1) is 9.63. The number of hydrogen-bond donors (Lipinski definition) is 2. The van der Waals surface area contributed by atoms with E-state index in [4.69, 9.17) is 9.47 Å². The molecule has 0 aliphatic heterocycles. The van der Waals surface area contributed by atoms with Crippen molar-refractivity contribution < 1.29 is 19.0 Å². The first-order valence-electron chi connectivity index (χ1n) is 6.07. The second-order valence-electron chi connectivity index (χ2n) is 4.19. The number of anilines is 1. The summed E-state index contributed by atoms with van der Waals surface area (Å²) in [4.78, 5) is 0. The van der Waals surface area contributed by atoms with Crippen LogP contribution in [0, 0.1) is 5.82 Å². The van der Waals surface area contributed by atoms with Gasteiger partial charge in [-0.1, -0.05) is 0 Å². The largest absolute Gasteiger partial charge is 0.508 e. The van der Waals surface area contributed by atoms with Crippen LogP contribution >= 0.6 is 0 Å². The third-order valence-electron chi connectivity index (χ3n) is 2.92. The topological polar surface area (TPSA) is 50.7 Å². The van der Waals surface area contributed by atoms with Crippen molar-refractivity contribution >= 4 is 5.69 Å². The Morgan fingerprint density at radius 3 is 2.60 bits per heavy atom. The quantitative estimate of drug-likeness (QED) is 0.881. The molecule has 0 bridgehead atoms. The maximum Gasteiger partial charge on any atom is 0.145 e. The molecular formula is C15H16FNO3. The van der Waals surface area contributed by atoms with Crippen LogP contribution in [0.2, 0.25) is 0 Å². The zero-order valence-corrected chi connectivity index (χ0v) is 11.3. The van der Waals surface area contributed by atoms with Crippen molar-refractivity contribution in [2.45, 2.75) is 6.54 Å². The molecule has 0 unspecified atom stereocenters. The van der Waals surface area contributed by atoms with Gasteiger partial charge in [-0.25, -0.2) is 4.39 Å². The van der Waals surface area contributed by atoms with Crippen molar-refractivity contribution in [3.8, 4) is 17.2 Å². The molecule has 2 aromatic rings. The van der Waals surface area contributed by atoms with E-state index in [1.54, 1.807) is 32.4 Å². The molecule has 0 aromatic heterocycles. The summed E-state index contributed by atoms with van der Waals surface area (Å²) in [5.41, 5.74) is 1.21. The average Bonchev–Trinajstić information content (AvgIpc) is 2.48. The van der Waals surface area contributed by atoms with Gasteiger partial charge in [0.05, 0.1) is 19.9 Å². The summed E-state index contributed by atoms with van der Waals surface area (Å²) in [6.45, 7) is 0.284. The summed E-state index contributed by atoms with van der Waals surface area (Å²) in [7, 11) is 3.13. The van der Waals surface area contributed by atoms with Gasteiger partial charge in [-0.15, -0.1) is 0 Å². The molecule has 2 N–H and O–H groups in total. The highest BCUT2D eigenvalue weighted by Crippen LogP contribution is 2.30. The molecule has 2 aromatic carbocycles. The smallest absolute Gasteiger partial charge is 0.145 e. The third-order valence-corrected chi connectivity index (χ3v) is 2.92. The molecule has 0 aliphatic rings. The highest BCUT2D eigenvalue weighted by Gasteiger charge is 2.07. The van der Waals surface area contributed by atoms with Gasteiger partial charge in [0.25, 0.3) is 0 Å². The van der Waals surface area contributed by atoms with Crippen molar-refractivity contribution in [3.05, 3.63) is 47.8 Å². The van der Waals surface area contributed by atoms with Crippen LogP contribution in [0.25, 0.3) is 0 Å². The Hall–Kier alpha value is -2.43. The van der Waals surface area contributed by atoms with Gasteiger partial charge in [0.1, 0.15) is 23.1 Å². The molecule has 0 spiro atoms. The van der Waals surface area contributed by atoms with Crippen molar-refractivity contribution in [2.24, 2.45) is 0 Å². The molecule has 0 fully saturated rings. The third kappa shape index (κ3) is 3.12. The van der Waals surface area contributed by atoms with E-state index in [9.17, 15) is 9.50 Å². The average molecular weight is 277 g/mol. The van der Waals surface area contributed by atoms with Gasteiger partial charge in [-0.3, -0.25) is 0 Å². The van der Waals surface area contributed by atoms with E-state index in [1.807, 2.05) is 0 Å². The van der Waals surface area contributed by atoms with Gasteiger partial charge in [0.2, 0.25) is 0 Å². The Morgan fingerprint density at radius 1 is 1.10 bits per heavy atom. The zero-order valence-electron chi connectivity index (χ0n) is 11.3. The van der Waals surface area contributed by atoms with Crippen molar-refractivity contribution in [2.75, 3.05) is 19.5 Å². The number of nitrogens with one attached hydrogen (secondary N) is 1. The second kappa shape index (κ2) is 6.14. The lowest BCUT2D eigenvalue weighted by Gasteiger charge is -2.13. The summed E-state index contributed by atoms with van der Waals surface area (Å²) >= 11 is 0. The molecule has 5 heteroatoms. The maximum absolute atomic E-state index is 13.1. The van der Waals surface area contributed by atoms with Crippen LogP contribution in [0.4, 0.5) is 10.1 Å². The lowest BCUT2D eigenvalue weighted by atomic mass is 10.2. The predicted octanol–water partition coefficient (Wildman–Crippen LogP) is 3.16. The fourth-order valence-corrected chi connectivity index (χ4v) is 1.83. The Bertz CT molecular complexity index is 602. The van der Waals surface area contributed by atoms with Crippen LogP contribution in [0.3, 0.4) is 0 Å². The minimum atomic E-state index is -0.388. The minimum absolute atomic E-state index is 0.0476. The highest BCUT2D eigenvalue weighted by atomic mass is 19.1. The second-order valence-corrected chi connectivity index (χ2v) is 4.19. The molecule has 0 amide bonds. The molecule has 0 heterocycles. The van der Waals surface area contributed by atoms with E-state index < -0.39 is 0 Å². The van der Waals surface area contributed by atoms with Crippen LogP contribution in [-0.2, 0) is 6.54 Å². The lowest BCUT2D eigenvalue weighted by Crippen LogP contribution is -2.02. The van der Waals surface area contributed by atoms with E-state index in [-0.39, 0.29) is 18.1 Å². The van der Waals surface area contributed by atoms with Crippen LogP contribution < -0.4 is 14.8 Å². The van der Waals surface area contributed by atoms with Gasteiger partial charge >= 0.3 is 0 Å². The Labute approximate surface area is 116 Å². The standard InChI is InChI=1S/C15H16FNO3/c1-19-12-4-5-13(15(8-12)20-2)17-9-10-7-11(16)3-6-14(10)18/h3-8,17-18H,9H2,1-2H3. The predicted molar refractivity (Wildman–Crippen MR) is 74.9 cm³/mol. The number of benzene rings is 2. The van der Waals surface area contributed by atoms with Crippen molar-refractivity contribution in [1.82, 2.24) is 0 Å². The number of ether oxygens (including phenoxy) is 2. The molecule has 0 saturated carbocycles. The van der Waals surface area contributed by atoms with Gasteiger partial charge in [0.15, 0.2) is 0 Å². The number of aromatic hydroxyl groups is 1. The fraction of sp³-hybridized carbons (Fsp3) is 0.200. The van der Waals surface area contributed by atoms with Crippen LogP contribution in [0.15, 0.2) is 36.4 Å². The van der Waals surface area contributed by atoms with Gasteiger partial charge in [-0.2, -0.15) is 0 Å². The first-order valence-corrected chi connectivity index (χ1v) is 6.07. The summed E-state index contributed by atoms with van der Waals surface area (Å²) < 4.78 is 23.5. The van der Waals surface area contributed by atoms with Crippen LogP contribution in [-0.4, -0.2) is 19.3 Å². The van der Waals surface area contributed by atoms with E-state index in [0.717, 1.165) is 5.69 Å². The first kappa shape index (κ1) is 14.0. The summed E-state index contributed by atoms with van der Waals surface area (Å²) in [5.74, 6) is 0.953. The van der Waals surface area contributed by atoms with Crippen LogP contribution in [0.5, 0.6) is 17.2 Å². The monoisotopic (exact) mass is 277 g/mol. The number of phenols is 1. The Balaban J connectivity index is 2.16. The Kier molecular flexibility index (Phi) is 4.30. The van der Waals surface area contributed by atoms with Gasteiger partial charge in [-0.05, 0) is 30.3 Å². The number of hydrogen-bond acceptors (Lipinski definition) is 4. The summed E-state index contributed by atoms with van der Waals surface area (Å²) in [6.07, 6.45) is 0. The van der Waals surface area contributed by atoms with E-state index >= 15 is 0 Å². The van der Waals surface area contributed by atoms with Crippen LogP contribution in [0.1, 0.15) is 5.56 Å². The van der Waals surface area contributed by atoms with E-state index in [0.29, 0.717) is 17.1 Å². The zero-order chi connectivity index (χ0) is 14.5. The fourth-order valence-electron chi connectivity index (χ4n) is 1.83. The van der Waals surface area contributed by atoms with E-state index in [2.05, 4.69) is 5.32 Å². The minimum Gasteiger partial charge on any atom is -0.508 e. The molecular weight excluding hydrogens is 261 g/mol. The molecule has 0 saturated heterocycles. The number of phenolic OH excluding ortho intramolecular Hbond substituents is 1. The lowest BCUT2D eigenvalue weighted by molar-refractivity contribution is 0.395. The number of halogens is 1. The van der Waals surface area contributed by atoms with Crippen molar-refractivity contribution in [3.63, 3.8) is 0 Å². The summed E-state index contributed by atoms with van der Waals surface area (Å²) in [6, 6.07) is 9.17. The molecule has 20 heavy (non-hydrogen) atoms. The molecule has 0 aliphatic carbocycles. The SMILES string of the molecule is COc1ccc(NCc2cc(F)ccc2O)c(OC)c1. The van der Waals surface area contributed by atoms with Gasteiger partial charge < -0.3 is 19.9 Å². The van der Waals surface area contributed by atoms with Gasteiger partial charge in [0, 0.05) is 18.2 Å². The molecule has 0 radical (unpaired) electrons. The molecule has 4 nitrogen and oxygen atoms in total. The molecule has 106 valence electrons. The number of rotatable bonds is 5. The Morgan fingerprint density at radius 2 is 1.90 bits per heavy atom. The molecule has 0 atom stereocenters. The number of methoxy groups -OCH3 is 2. The normalized spacial score (nSPS) is 10.2. The van der Waals surface area contributed by atoms with Crippen molar-refractivity contribution in [1.29, 1.82) is 0 Å².